The van der Waals surface area contributed by atoms with Gasteiger partial charge in [-0.1, -0.05) is 5.16 Å². The molecule has 0 aliphatic carbocycles. The second-order valence-electron chi connectivity index (χ2n) is 6.09. The smallest absolute Gasteiger partial charge is 0.223 e. The monoisotopic (exact) mass is 320 g/mol. The normalized spacial score (nSPS) is 20.7. The molecule has 126 valence electrons. The fourth-order valence-electron chi connectivity index (χ4n) is 2.96. The first-order valence-corrected chi connectivity index (χ1v) is 8.09. The molecule has 8 nitrogen and oxygen atoms in total. The quantitative estimate of drug-likeness (QED) is 0.752. The molecule has 1 aliphatic rings. The molecule has 0 saturated carbocycles. The summed E-state index contributed by atoms with van der Waals surface area (Å²) in [5, 5.41) is 21.6. The average molecular weight is 320 g/mol. The highest BCUT2D eigenvalue weighted by Crippen LogP contribution is 2.12. The second kappa shape index (κ2) is 7.67. The van der Waals surface area contributed by atoms with Crippen molar-refractivity contribution in [3.05, 3.63) is 30.2 Å². The molecule has 2 aromatic rings. The molecule has 3 rings (SSSR count). The van der Waals surface area contributed by atoms with E-state index in [2.05, 4.69) is 25.5 Å². The first-order valence-electron chi connectivity index (χ1n) is 8.09. The highest BCUT2D eigenvalue weighted by atomic mass is 16.5. The molecule has 0 unspecified atom stereocenters. The number of aliphatic hydroxyl groups excluding tert-OH is 1. The third kappa shape index (κ3) is 4.85. The van der Waals surface area contributed by atoms with Crippen molar-refractivity contribution in [2.75, 3.05) is 19.6 Å². The van der Waals surface area contributed by atoms with Crippen molar-refractivity contribution in [1.29, 1.82) is 0 Å². The van der Waals surface area contributed by atoms with Gasteiger partial charge in [0, 0.05) is 38.4 Å². The Morgan fingerprint density at radius 2 is 2.43 bits per heavy atom. The molecule has 1 aliphatic heterocycles. The number of rotatable bonds is 7. The van der Waals surface area contributed by atoms with Crippen LogP contribution in [0.2, 0.25) is 0 Å². The van der Waals surface area contributed by atoms with E-state index < -0.39 is 6.10 Å². The van der Waals surface area contributed by atoms with Crippen LogP contribution in [-0.2, 0) is 13.1 Å². The lowest BCUT2D eigenvalue weighted by molar-refractivity contribution is 0.126. The number of likely N-dealkylation sites (tertiary alicyclic amines) is 1. The molecule has 2 aromatic heterocycles. The van der Waals surface area contributed by atoms with Gasteiger partial charge in [-0.05, 0) is 25.5 Å². The van der Waals surface area contributed by atoms with Crippen molar-refractivity contribution < 1.29 is 9.63 Å². The van der Waals surface area contributed by atoms with Crippen molar-refractivity contribution >= 4 is 0 Å². The molecule has 23 heavy (non-hydrogen) atoms. The summed E-state index contributed by atoms with van der Waals surface area (Å²) in [6.45, 7) is 5.57. The van der Waals surface area contributed by atoms with E-state index in [9.17, 15) is 5.11 Å². The fraction of sp³-hybridized carbons (Fsp3) is 0.667. The summed E-state index contributed by atoms with van der Waals surface area (Å²) in [4.78, 5) is 6.58. The van der Waals surface area contributed by atoms with Crippen LogP contribution in [0.1, 0.15) is 24.6 Å². The number of hydrogen-bond acceptors (Lipinski definition) is 7. The van der Waals surface area contributed by atoms with Gasteiger partial charge in [0.25, 0.3) is 0 Å². The number of aromatic nitrogens is 4. The predicted octanol–water partition coefficient (Wildman–Crippen LogP) is 0.190. The highest BCUT2D eigenvalue weighted by molar-refractivity contribution is 4.87. The Balaban J connectivity index is 1.41. The fourth-order valence-corrected chi connectivity index (χ4v) is 2.96. The second-order valence-corrected chi connectivity index (χ2v) is 6.09. The highest BCUT2D eigenvalue weighted by Gasteiger charge is 2.21. The van der Waals surface area contributed by atoms with Gasteiger partial charge in [-0.25, -0.2) is 0 Å². The van der Waals surface area contributed by atoms with E-state index in [1.165, 1.54) is 0 Å². The zero-order valence-corrected chi connectivity index (χ0v) is 13.4. The number of nitrogens with one attached hydrogen (secondary N) is 1. The topological polar surface area (TPSA) is 92.2 Å². The van der Waals surface area contributed by atoms with Crippen LogP contribution >= 0.6 is 0 Å². The average Bonchev–Trinajstić information content (AvgIpc) is 3.18. The van der Waals surface area contributed by atoms with E-state index in [1.807, 2.05) is 12.3 Å². The molecule has 0 aromatic carbocycles. The van der Waals surface area contributed by atoms with Gasteiger partial charge < -0.3 is 14.9 Å². The number of aliphatic hydroxyl groups is 1. The zero-order chi connectivity index (χ0) is 16.1. The van der Waals surface area contributed by atoms with Crippen LogP contribution in [0.25, 0.3) is 0 Å². The largest absolute Gasteiger partial charge is 0.390 e. The molecule has 1 fully saturated rings. The van der Waals surface area contributed by atoms with E-state index in [4.69, 9.17) is 4.52 Å². The molecule has 0 bridgehead atoms. The minimum atomic E-state index is -0.440. The van der Waals surface area contributed by atoms with E-state index in [0.717, 1.165) is 31.8 Å². The summed E-state index contributed by atoms with van der Waals surface area (Å²) in [6, 6.07) is 2.24. The van der Waals surface area contributed by atoms with Gasteiger partial charge in [0.05, 0.1) is 19.2 Å². The van der Waals surface area contributed by atoms with Crippen molar-refractivity contribution in [3.8, 4) is 0 Å². The molecular weight excluding hydrogens is 296 g/mol. The van der Waals surface area contributed by atoms with Crippen molar-refractivity contribution in [2.24, 2.45) is 0 Å². The van der Waals surface area contributed by atoms with Crippen molar-refractivity contribution in [1.82, 2.24) is 30.1 Å². The number of aryl methyl sites for hydroxylation is 1. The van der Waals surface area contributed by atoms with E-state index >= 15 is 0 Å². The van der Waals surface area contributed by atoms with Crippen molar-refractivity contribution in [3.63, 3.8) is 0 Å². The Bertz CT molecular complexity index is 585. The summed E-state index contributed by atoms with van der Waals surface area (Å²) in [5.74, 6) is 1.34. The van der Waals surface area contributed by atoms with Gasteiger partial charge in [-0.3, -0.25) is 9.58 Å². The molecule has 2 atom stereocenters. The summed E-state index contributed by atoms with van der Waals surface area (Å²) in [6.07, 6.45) is 5.39. The molecule has 0 radical (unpaired) electrons. The summed E-state index contributed by atoms with van der Waals surface area (Å²) in [5.41, 5.74) is 0. The maximum atomic E-state index is 10.1. The van der Waals surface area contributed by atoms with Gasteiger partial charge in [-0.15, -0.1) is 0 Å². The van der Waals surface area contributed by atoms with E-state index in [1.54, 1.807) is 17.8 Å². The van der Waals surface area contributed by atoms with Gasteiger partial charge in [-0.2, -0.15) is 10.1 Å². The summed E-state index contributed by atoms with van der Waals surface area (Å²) in [7, 11) is 0. The van der Waals surface area contributed by atoms with Crippen molar-refractivity contribution in [2.45, 2.75) is 45.0 Å². The Morgan fingerprint density at radius 1 is 1.52 bits per heavy atom. The standard InChI is InChI=1S/C15H24N6O2/c1-12-18-15(19-23-12)11-20-6-2-4-13(9-20)16-8-14(22)10-21-7-3-5-17-21/h3,5,7,13-14,16,22H,2,4,6,8-11H2,1H3/t13-,14+/m1/s1. The van der Waals surface area contributed by atoms with E-state index in [-0.39, 0.29) is 0 Å². The Hall–Kier alpha value is -1.77. The number of piperidine rings is 1. The SMILES string of the molecule is Cc1nc(CN2CCC[C@@H](NC[C@H](O)Cn3cccn3)C2)no1. The Labute approximate surface area is 135 Å². The lowest BCUT2D eigenvalue weighted by Crippen LogP contribution is -2.47. The molecule has 8 heteroatoms. The molecular formula is C15H24N6O2. The van der Waals surface area contributed by atoms with Crippen LogP contribution in [0.5, 0.6) is 0 Å². The summed E-state index contributed by atoms with van der Waals surface area (Å²) < 4.78 is 6.77. The molecule has 1 saturated heterocycles. The maximum Gasteiger partial charge on any atom is 0.223 e. The third-order valence-corrected chi connectivity index (χ3v) is 4.04. The van der Waals surface area contributed by atoms with Gasteiger partial charge in [0.1, 0.15) is 0 Å². The molecule has 0 spiro atoms. The first kappa shape index (κ1) is 16.1. The molecule has 2 N–H and O–H groups in total. The summed E-state index contributed by atoms with van der Waals surface area (Å²) >= 11 is 0. The number of hydrogen-bond donors (Lipinski definition) is 2. The first-order chi connectivity index (χ1) is 11.2. The van der Waals surface area contributed by atoms with Gasteiger partial charge >= 0.3 is 0 Å². The molecule has 0 amide bonds. The maximum absolute atomic E-state index is 10.1. The minimum Gasteiger partial charge on any atom is -0.390 e. The number of nitrogens with zero attached hydrogens (tertiary/aromatic N) is 5. The Morgan fingerprint density at radius 3 is 3.17 bits per heavy atom. The van der Waals surface area contributed by atoms with Crippen LogP contribution in [0, 0.1) is 6.92 Å². The zero-order valence-electron chi connectivity index (χ0n) is 13.4. The van der Waals surface area contributed by atoms with Gasteiger partial charge in [0.2, 0.25) is 5.89 Å². The lowest BCUT2D eigenvalue weighted by atomic mass is 10.1. The van der Waals surface area contributed by atoms with Crippen LogP contribution < -0.4 is 5.32 Å². The predicted molar refractivity (Wildman–Crippen MR) is 83.6 cm³/mol. The van der Waals surface area contributed by atoms with Crippen LogP contribution in [0.15, 0.2) is 23.0 Å². The lowest BCUT2D eigenvalue weighted by Gasteiger charge is -2.32. The van der Waals surface area contributed by atoms with Crippen LogP contribution in [0.3, 0.4) is 0 Å². The van der Waals surface area contributed by atoms with Crippen LogP contribution in [0.4, 0.5) is 0 Å². The Kier molecular flexibility index (Phi) is 5.37. The van der Waals surface area contributed by atoms with Crippen LogP contribution in [-0.4, -0.2) is 61.7 Å². The third-order valence-electron chi connectivity index (χ3n) is 4.04. The van der Waals surface area contributed by atoms with Gasteiger partial charge in [0.15, 0.2) is 5.82 Å². The molecule has 3 heterocycles. The van der Waals surface area contributed by atoms with E-state index in [0.29, 0.717) is 31.6 Å². The minimum absolute atomic E-state index is 0.379.